The fourth-order valence-electron chi connectivity index (χ4n) is 0.991. The Hall–Kier alpha value is -1.07. The van der Waals surface area contributed by atoms with Crippen LogP contribution in [0.5, 0.6) is 0 Å². The summed E-state index contributed by atoms with van der Waals surface area (Å²) < 4.78 is 13.1. The molecule has 0 aliphatic heterocycles. The van der Waals surface area contributed by atoms with Crippen molar-refractivity contribution in [3.05, 3.63) is 29.6 Å². The van der Waals surface area contributed by atoms with Gasteiger partial charge in [0.15, 0.2) is 6.10 Å². The maximum absolute atomic E-state index is 13.1. The van der Waals surface area contributed by atoms with Crippen molar-refractivity contribution < 1.29 is 19.4 Å². The van der Waals surface area contributed by atoms with Gasteiger partial charge in [-0.3, -0.25) is 0 Å². The van der Waals surface area contributed by atoms with Crippen LogP contribution in [0.4, 0.5) is 4.39 Å². The molecule has 3 nitrogen and oxygen atoms in total. The molecule has 1 rings (SSSR count). The summed E-state index contributed by atoms with van der Waals surface area (Å²) in [5, 5.41) is 17.6. The number of carbonyl (C=O) groups is 1. The number of thioether (sulfide) groups is 1. The van der Waals surface area contributed by atoms with Gasteiger partial charge in [0, 0.05) is 10.5 Å². The molecule has 1 unspecified atom stereocenters. The first kappa shape index (κ1) is 11.0. The van der Waals surface area contributed by atoms with E-state index in [4.69, 9.17) is 10.2 Å². The van der Waals surface area contributed by atoms with Crippen molar-refractivity contribution in [2.24, 2.45) is 0 Å². The predicted octanol–water partition coefficient (Wildman–Crippen LogP) is 1.67. The molecule has 0 amide bonds. The summed E-state index contributed by atoms with van der Waals surface area (Å²) >= 11 is 1.35. The van der Waals surface area contributed by atoms with Crippen molar-refractivity contribution in [3.63, 3.8) is 0 Å². The predicted molar refractivity (Wildman–Crippen MR) is 50.8 cm³/mol. The van der Waals surface area contributed by atoms with Gasteiger partial charge in [-0.2, -0.15) is 0 Å². The average molecular weight is 216 g/mol. The second-order valence-corrected chi connectivity index (χ2v) is 3.51. The van der Waals surface area contributed by atoms with Crippen molar-refractivity contribution in [2.45, 2.75) is 11.0 Å². The van der Waals surface area contributed by atoms with E-state index in [1.165, 1.54) is 23.9 Å². The zero-order valence-electron chi connectivity index (χ0n) is 7.40. The minimum Gasteiger partial charge on any atom is -0.479 e. The van der Waals surface area contributed by atoms with E-state index in [0.717, 1.165) is 6.07 Å². The van der Waals surface area contributed by atoms with Gasteiger partial charge >= 0.3 is 5.97 Å². The molecule has 1 aromatic carbocycles. The Balaban J connectivity index is 3.11. The summed E-state index contributed by atoms with van der Waals surface area (Å²) in [6, 6.07) is 4.00. The van der Waals surface area contributed by atoms with Gasteiger partial charge in [0.25, 0.3) is 0 Å². The molecule has 0 fully saturated rings. The third-order valence-corrected chi connectivity index (χ3v) is 2.46. The molecule has 0 saturated heterocycles. The van der Waals surface area contributed by atoms with E-state index in [1.54, 1.807) is 6.26 Å². The van der Waals surface area contributed by atoms with E-state index in [1.807, 2.05) is 0 Å². The largest absolute Gasteiger partial charge is 0.479 e. The highest BCUT2D eigenvalue weighted by Crippen LogP contribution is 2.23. The number of aliphatic hydroxyl groups is 1. The molecule has 1 aromatic rings. The second kappa shape index (κ2) is 4.43. The van der Waals surface area contributed by atoms with Crippen LogP contribution in [0.25, 0.3) is 0 Å². The number of hydrogen-bond acceptors (Lipinski definition) is 3. The lowest BCUT2D eigenvalue weighted by Gasteiger charge is -2.08. The number of halogens is 1. The highest BCUT2D eigenvalue weighted by molar-refractivity contribution is 7.98. The average Bonchev–Trinajstić information content (AvgIpc) is 2.17. The molecule has 1 atom stereocenters. The summed E-state index contributed by atoms with van der Waals surface area (Å²) in [5.74, 6) is -2.17. The van der Waals surface area contributed by atoms with Crippen LogP contribution < -0.4 is 0 Å². The maximum atomic E-state index is 13.1. The number of rotatable bonds is 3. The van der Waals surface area contributed by atoms with Gasteiger partial charge in [-0.15, -0.1) is 11.8 Å². The second-order valence-electron chi connectivity index (χ2n) is 2.63. The molecular weight excluding hydrogens is 207 g/mol. The number of aliphatic hydroxyl groups excluding tert-OH is 1. The monoisotopic (exact) mass is 216 g/mol. The first-order valence-corrected chi connectivity index (χ1v) is 5.03. The van der Waals surface area contributed by atoms with Crippen molar-refractivity contribution in [3.8, 4) is 0 Å². The topological polar surface area (TPSA) is 57.5 Å². The van der Waals surface area contributed by atoms with E-state index >= 15 is 0 Å². The fourth-order valence-corrected chi connectivity index (χ4v) is 1.44. The molecule has 5 heteroatoms. The van der Waals surface area contributed by atoms with Crippen LogP contribution in [0, 0.1) is 5.82 Å². The standard InChI is InChI=1S/C9H9FO3S/c1-14-5-2-3-7(10)6(4-5)8(11)9(12)13/h2-4,8,11H,1H3,(H,12,13). The number of aliphatic carboxylic acids is 1. The van der Waals surface area contributed by atoms with Crippen molar-refractivity contribution in [1.29, 1.82) is 0 Å². The highest BCUT2D eigenvalue weighted by Gasteiger charge is 2.20. The lowest BCUT2D eigenvalue weighted by atomic mass is 10.1. The number of carboxylic acid groups (broad SMARTS) is 1. The lowest BCUT2D eigenvalue weighted by molar-refractivity contribution is -0.147. The molecule has 0 aliphatic carbocycles. The van der Waals surface area contributed by atoms with E-state index in [2.05, 4.69) is 0 Å². The molecule has 14 heavy (non-hydrogen) atoms. The third kappa shape index (κ3) is 2.24. The Labute approximate surface area is 84.6 Å². The first-order chi connectivity index (χ1) is 6.56. The zero-order chi connectivity index (χ0) is 10.7. The van der Waals surface area contributed by atoms with Gasteiger partial charge in [0.1, 0.15) is 5.82 Å². The van der Waals surface area contributed by atoms with Crippen LogP contribution in [0.15, 0.2) is 23.1 Å². The molecule has 0 aliphatic rings. The molecule has 0 bridgehead atoms. The zero-order valence-corrected chi connectivity index (χ0v) is 8.21. The van der Waals surface area contributed by atoms with E-state index in [0.29, 0.717) is 4.90 Å². The first-order valence-electron chi connectivity index (χ1n) is 3.80. The van der Waals surface area contributed by atoms with Crippen LogP contribution in [0.3, 0.4) is 0 Å². The summed E-state index contributed by atoms with van der Waals surface area (Å²) in [7, 11) is 0. The molecule has 0 radical (unpaired) electrons. The van der Waals surface area contributed by atoms with E-state index in [9.17, 15) is 9.18 Å². The van der Waals surface area contributed by atoms with Gasteiger partial charge in [0.05, 0.1) is 0 Å². The minimum absolute atomic E-state index is 0.204. The van der Waals surface area contributed by atoms with Crippen LogP contribution >= 0.6 is 11.8 Å². The molecule has 0 spiro atoms. The van der Waals surface area contributed by atoms with Crippen molar-refractivity contribution >= 4 is 17.7 Å². The Morgan fingerprint density at radius 3 is 2.71 bits per heavy atom. The smallest absolute Gasteiger partial charge is 0.337 e. The van der Waals surface area contributed by atoms with Gasteiger partial charge in [-0.25, -0.2) is 9.18 Å². The quantitative estimate of drug-likeness (QED) is 0.754. The summed E-state index contributed by atoms with van der Waals surface area (Å²) in [5.41, 5.74) is -0.204. The molecule has 2 N–H and O–H groups in total. The van der Waals surface area contributed by atoms with E-state index in [-0.39, 0.29) is 5.56 Å². The number of benzene rings is 1. The Morgan fingerprint density at radius 2 is 2.21 bits per heavy atom. The number of hydrogen-bond donors (Lipinski definition) is 2. The summed E-state index contributed by atoms with van der Waals surface area (Å²) in [6.07, 6.45) is -0.0217. The molecule has 0 saturated carbocycles. The lowest BCUT2D eigenvalue weighted by Crippen LogP contribution is -2.12. The van der Waals surface area contributed by atoms with Gasteiger partial charge in [0.2, 0.25) is 0 Å². The van der Waals surface area contributed by atoms with Crippen molar-refractivity contribution in [1.82, 2.24) is 0 Å². The van der Waals surface area contributed by atoms with Crippen molar-refractivity contribution in [2.75, 3.05) is 6.26 Å². The SMILES string of the molecule is CSc1ccc(F)c(C(O)C(=O)O)c1. The molecule has 0 aromatic heterocycles. The van der Waals surface area contributed by atoms with Crippen LogP contribution in [-0.4, -0.2) is 22.4 Å². The molecular formula is C9H9FO3S. The Kier molecular flexibility index (Phi) is 3.49. The van der Waals surface area contributed by atoms with Gasteiger partial charge in [-0.1, -0.05) is 0 Å². The summed E-state index contributed by atoms with van der Waals surface area (Å²) in [4.78, 5) is 11.1. The van der Waals surface area contributed by atoms with Crippen LogP contribution in [-0.2, 0) is 4.79 Å². The fraction of sp³-hybridized carbons (Fsp3) is 0.222. The van der Waals surface area contributed by atoms with Crippen LogP contribution in [0.2, 0.25) is 0 Å². The van der Waals surface area contributed by atoms with Gasteiger partial charge in [-0.05, 0) is 24.5 Å². The van der Waals surface area contributed by atoms with E-state index < -0.39 is 17.9 Å². The normalized spacial score (nSPS) is 12.5. The number of carboxylic acids is 1. The molecule has 76 valence electrons. The maximum Gasteiger partial charge on any atom is 0.337 e. The summed E-state index contributed by atoms with van der Waals surface area (Å²) in [6.45, 7) is 0. The molecule has 0 heterocycles. The third-order valence-electron chi connectivity index (χ3n) is 1.73. The minimum atomic E-state index is -1.80. The Morgan fingerprint density at radius 1 is 1.57 bits per heavy atom. The highest BCUT2D eigenvalue weighted by atomic mass is 32.2. The van der Waals surface area contributed by atoms with Crippen LogP contribution in [0.1, 0.15) is 11.7 Å². The van der Waals surface area contributed by atoms with Gasteiger partial charge < -0.3 is 10.2 Å². The Bertz CT molecular complexity index is 354.